The van der Waals surface area contributed by atoms with E-state index in [0.717, 1.165) is 18.8 Å². The molecule has 4 fully saturated rings. The first kappa shape index (κ1) is 16.2. The minimum absolute atomic E-state index is 0.0711. The van der Waals surface area contributed by atoms with Crippen LogP contribution in [-0.2, 0) is 9.31 Å². The molecular weight excluding hydrogens is 277 g/mol. The van der Waals surface area contributed by atoms with Crippen molar-refractivity contribution in [2.45, 2.75) is 78.5 Å². The third kappa shape index (κ3) is 2.36. The van der Waals surface area contributed by atoms with Gasteiger partial charge in [-0.05, 0) is 54.4 Å². The zero-order valence-electron chi connectivity index (χ0n) is 14.7. The second-order valence-corrected chi connectivity index (χ2v) is 9.37. The highest BCUT2D eigenvalue weighted by Crippen LogP contribution is 2.65. The maximum atomic E-state index is 8.91. The Labute approximate surface area is 133 Å². The van der Waals surface area contributed by atoms with Gasteiger partial charge in [0.2, 0.25) is 0 Å². The molecule has 1 heterocycles. The highest BCUT2D eigenvalue weighted by molar-refractivity contribution is 6.47. The van der Waals surface area contributed by atoms with Crippen molar-refractivity contribution in [1.29, 1.82) is 0 Å². The lowest BCUT2D eigenvalue weighted by Crippen LogP contribution is -2.65. The molecule has 0 radical (unpaired) electrons. The number of hydrogen-bond donors (Lipinski definition) is 0. The van der Waals surface area contributed by atoms with Gasteiger partial charge in [-0.25, -0.2) is 0 Å². The van der Waals surface area contributed by atoms with E-state index in [9.17, 15) is 0 Å². The first-order valence-electron chi connectivity index (χ1n) is 8.45. The summed E-state index contributed by atoms with van der Waals surface area (Å²) in [5.41, 5.74) is 9.08. The summed E-state index contributed by atoms with van der Waals surface area (Å²) in [5, 5.41) is 3.99. The van der Waals surface area contributed by atoms with Crippen molar-refractivity contribution in [3.05, 3.63) is 10.4 Å². The molecule has 0 spiro atoms. The van der Waals surface area contributed by atoms with Gasteiger partial charge in [-0.15, -0.1) is 0 Å². The van der Waals surface area contributed by atoms with Crippen LogP contribution in [-0.4, -0.2) is 24.8 Å². The van der Waals surface area contributed by atoms with Crippen LogP contribution < -0.4 is 0 Å². The Morgan fingerprint density at radius 1 is 1.32 bits per heavy atom. The second kappa shape index (κ2) is 4.89. The van der Waals surface area contributed by atoms with E-state index in [0.29, 0.717) is 11.3 Å². The molecule has 3 aliphatic carbocycles. The van der Waals surface area contributed by atoms with E-state index in [4.69, 9.17) is 14.8 Å². The van der Waals surface area contributed by atoms with Crippen molar-refractivity contribution in [3.8, 4) is 0 Å². The molecular formula is C16H28BN3O2. The quantitative estimate of drug-likeness (QED) is 0.336. The lowest BCUT2D eigenvalue weighted by atomic mass is 9.43. The topological polar surface area (TPSA) is 67.2 Å². The fourth-order valence-corrected chi connectivity index (χ4v) is 4.95. The normalized spacial score (nSPS) is 40.5. The van der Waals surface area contributed by atoms with Gasteiger partial charge in [0.15, 0.2) is 0 Å². The molecule has 0 amide bonds. The van der Waals surface area contributed by atoms with Gasteiger partial charge in [0, 0.05) is 4.91 Å². The molecule has 0 N–H and O–H groups in total. The van der Waals surface area contributed by atoms with Crippen LogP contribution in [0.2, 0.25) is 0 Å². The van der Waals surface area contributed by atoms with Gasteiger partial charge in [-0.3, -0.25) is 0 Å². The van der Waals surface area contributed by atoms with Crippen LogP contribution in [0.1, 0.15) is 60.8 Å². The van der Waals surface area contributed by atoms with Gasteiger partial charge < -0.3 is 9.31 Å². The van der Waals surface area contributed by atoms with Gasteiger partial charge in [-0.2, -0.15) is 0 Å². The Bertz CT molecular complexity index is 512. The number of hydrogen-bond acceptors (Lipinski definition) is 3. The highest BCUT2D eigenvalue weighted by Gasteiger charge is 2.68. The fourth-order valence-electron chi connectivity index (χ4n) is 4.95. The van der Waals surface area contributed by atoms with E-state index in [1.165, 1.54) is 6.42 Å². The van der Waals surface area contributed by atoms with E-state index in [1.807, 2.05) is 0 Å². The monoisotopic (exact) mass is 305 g/mol. The zero-order chi connectivity index (χ0) is 16.3. The molecule has 0 aromatic heterocycles. The van der Waals surface area contributed by atoms with Crippen LogP contribution in [0.5, 0.6) is 0 Å². The van der Waals surface area contributed by atoms with Crippen LogP contribution >= 0.6 is 0 Å². The lowest BCUT2D eigenvalue weighted by Gasteiger charge is -2.64. The molecule has 22 heavy (non-hydrogen) atoms. The average Bonchev–Trinajstić information content (AvgIpc) is 2.73. The Morgan fingerprint density at radius 2 is 2.00 bits per heavy atom. The zero-order valence-corrected chi connectivity index (χ0v) is 14.7. The van der Waals surface area contributed by atoms with E-state index in [1.54, 1.807) is 0 Å². The first-order chi connectivity index (χ1) is 10.1. The van der Waals surface area contributed by atoms with Crippen LogP contribution in [0.4, 0.5) is 0 Å². The highest BCUT2D eigenvalue weighted by atomic mass is 16.7. The molecule has 5 nitrogen and oxygen atoms in total. The van der Waals surface area contributed by atoms with Gasteiger partial charge in [0.1, 0.15) is 0 Å². The van der Waals surface area contributed by atoms with E-state index < -0.39 is 7.12 Å². The summed E-state index contributed by atoms with van der Waals surface area (Å²) in [7, 11) is -0.403. The van der Waals surface area contributed by atoms with Gasteiger partial charge in [0.05, 0.1) is 17.6 Å². The van der Waals surface area contributed by atoms with Crippen molar-refractivity contribution in [3.63, 3.8) is 0 Å². The van der Waals surface area contributed by atoms with Crippen molar-refractivity contribution in [2.75, 3.05) is 0 Å². The van der Waals surface area contributed by atoms with Crippen molar-refractivity contribution >= 4 is 7.12 Å². The number of rotatable bonds is 3. The molecule has 4 unspecified atom stereocenters. The first-order valence-corrected chi connectivity index (χ1v) is 8.45. The fraction of sp³-hybridized carbons (Fsp3) is 1.00. The minimum atomic E-state index is -0.403. The van der Waals surface area contributed by atoms with E-state index in [-0.39, 0.29) is 23.1 Å². The summed E-state index contributed by atoms with van der Waals surface area (Å²) in [6.45, 7) is 13.3. The van der Waals surface area contributed by atoms with Gasteiger partial charge in [0.25, 0.3) is 0 Å². The Kier molecular flexibility index (Phi) is 3.60. The summed E-state index contributed by atoms with van der Waals surface area (Å²) in [6, 6.07) is 0. The Morgan fingerprint density at radius 3 is 2.55 bits per heavy atom. The van der Waals surface area contributed by atoms with Gasteiger partial charge >= 0.3 is 7.12 Å². The number of azide groups is 1. The summed E-state index contributed by atoms with van der Waals surface area (Å²) in [5.74, 6) is 1.02. The largest absolute Gasteiger partial charge is 0.466 e. The molecule has 2 bridgehead atoms. The van der Waals surface area contributed by atoms with Crippen molar-refractivity contribution in [2.24, 2.45) is 27.8 Å². The molecule has 0 aromatic rings. The second-order valence-electron chi connectivity index (χ2n) is 9.37. The maximum Gasteiger partial charge on any atom is 0.466 e. The average molecular weight is 305 g/mol. The molecule has 1 aliphatic heterocycles. The third-order valence-electron chi connectivity index (χ3n) is 6.30. The lowest BCUT2D eigenvalue weighted by molar-refractivity contribution is -0.199. The number of nitrogens with zero attached hydrogens (tertiary/aromatic N) is 3. The van der Waals surface area contributed by atoms with Crippen molar-refractivity contribution < 1.29 is 9.31 Å². The Balaban J connectivity index is 1.80. The summed E-state index contributed by atoms with van der Waals surface area (Å²) < 4.78 is 12.6. The standard InChI is InChI=1S/C16H28BN3O2/c1-14(2,3)9-13(19-20-18)17-21-12-8-10-7-11(15(10,4)5)16(12,6)22-17/h10-13H,7-9H2,1-6H3/t10?,11?,12?,13?,16-/m0/s1. The molecule has 4 rings (SSSR count). The van der Waals surface area contributed by atoms with Crippen LogP contribution in [0.25, 0.3) is 10.4 Å². The molecule has 4 aliphatic rings. The third-order valence-corrected chi connectivity index (χ3v) is 6.30. The summed E-state index contributed by atoms with van der Waals surface area (Å²) >= 11 is 0. The van der Waals surface area contributed by atoms with Crippen molar-refractivity contribution in [1.82, 2.24) is 0 Å². The van der Waals surface area contributed by atoms with E-state index in [2.05, 4.69) is 51.6 Å². The predicted molar refractivity (Wildman–Crippen MR) is 87.1 cm³/mol. The van der Waals surface area contributed by atoms with Crippen LogP contribution in [0, 0.1) is 22.7 Å². The molecule has 122 valence electrons. The molecule has 6 heteroatoms. The SMILES string of the molecule is CC(C)(C)CC(N=[N+]=[N-])B1OC2CC3CC(C3(C)C)[C@]2(C)O1. The summed E-state index contributed by atoms with van der Waals surface area (Å²) in [6.07, 6.45) is 3.21. The van der Waals surface area contributed by atoms with Gasteiger partial charge in [-0.1, -0.05) is 39.7 Å². The maximum absolute atomic E-state index is 8.91. The smallest absolute Gasteiger partial charge is 0.405 e. The Hall–Kier alpha value is -0.705. The molecule has 0 aromatic carbocycles. The summed E-state index contributed by atoms with van der Waals surface area (Å²) in [4.78, 5) is 3.03. The molecule has 3 saturated carbocycles. The predicted octanol–water partition coefficient (Wildman–Crippen LogP) is 4.37. The van der Waals surface area contributed by atoms with Crippen LogP contribution in [0.3, 0.4) is 0 Å². The van der Waals surface area contributed by atoms with Crippen LogP contribution in [0.15, 0.2) is 5.11 Å². The minimum Gasteiger partial charge on any atom is -0.405 e. The molecule has 5 atom stereocenters. The molecule has 1 saturated heterocycles. The van der Waals surface area contributed by atoms with E-state index >= 15 is 0 Å².